The van der Waals surface area contributed by atoms with Crippen molar-refractivity contribution in [2.45, 2.75) is 42.8 Å². The van der Waals surface area contributed by atoms with Crippen LogP contribution in [0.5, 0.6) is 0 Å². The minimum absolute atomic E-state index is 0.104. The maximum absolute atomic E-state index is 11.6. The summed E-state index contributed by atoms with van der Waals surface area (Å²) in [5.41, 5.74) is 9.31. The summed E-state index contributed by atoms with van der Waals surface area (Å²) in [6.07, 6.45) is 1.66. The molecule has 1 aliphatic rings. The first-order valence-corrected chi connectivity index (χ1v) is 11.9. The fraction of sp³-hybridized carbons (Fsp3) is 0.304. The number of carbonyl (C=O) groups is 1. The quantitative estimate of drug-likeness (QED) is 0.357. The van der Waals surface area contributed by atoms with Crippen molar-refractivity contribution in [2.24, 2.45) is 5.73 Å². The van der Waals surface area contributed by atoms with E-state index in [4.69, 9.17) is 27.3 Å². The third-order valence-corrected chi connectivity index (χ3v) is 7.12. The van der Waals surface area contributed by atoms with E-state index in [-0.39, 0.29) is 11.6 Å². The lowest BCUT2D eigenvalue weighted by atomic mass is 10.1. The number of hydrogen-bond acceptors (Lipinski definition) is 7. The third-order valence-electron chi connectivity index (χ3n) is 5.85. The molecular formula is C23H23ClN6O2S. The molecule has 4 aromatic rings. The number of H-pyrrole nitrogens is 1. The number of aryl methyl sites for hydroxylation is 2. The van der Waals surface area contributed by atoms with E-state index in [1.807, 2.05) is 19.1 Å². The number of benzene rings is 1. The van der Waals surface area contributed by atoms with Crippen LogP contribution in [-0.2, 0) is 6.42 Å². The van der Waals surface area contributed by atoms with Gasteiger partial charge in [0.15, 0.2) is 5.16 Å². The summed E-state index contributed by atoms with van der Waals surface area (Å²) in [4.78, 5) is 32.1. The van der Waals surface area contributed by atoms with Gasteiger partial charge < -0.3 is 20.7 Å². The lowest BCUT2D eigenvalue weighted by Gasteiger charge is -2.18. The van der Waals surface area contributed by atoms with Crippen molar-refractivity contribution in [3.05, 3.63) is 46.2 Å². The van der Waals surface area contributed by atoms with Crippen LogP contribution >= 0.6 is 23.4 Å². The molecule has 1 saturated heterocycles. The minimum atomic E-state index is -0.969. The number of anilines is 1. The number of nitrogens with zero attached hydrogens (tertiary/aromatic N) is 4. The van der Waals surface area contributed by atoms with Crippen LogP contribution in [0.15, 0.2) is 34.3 Å². The van der Waals surface area contributed by atoms with Gasteiger partial charge in [-0.15, -0.1) is 0 Å². The molecule has 1 fully saturated rings. The predicted octanol–water partition coefficient (Wildman–Crippen LogP) is 4.42. The molecule has 1 aliphatic heterocycles. The Bertz CT molecular complexity index is 1410. The highest BCUT2D eigenvalue weighted by molar-refractivity contribution is 7.99. The Labute approximate surface area is 199 Å². The van der Waals surface area contributed by atoms with Crippen LogP contribution in [0.2, 0.25) is 5.02 Å². The third kappa shape index (κ3) is 4.01. The maximum Gasteiger partial charge on any atom is 0.336 e. The number of aromatic carboxylic acids is 1. The highest BCUT2D eigenvalue weighted by Crippen LogP contribution is 2.38. The topological polar surface area (TPSA) is 121 Å². The molecule has 1 atom stereocenters. The van der Waals surface area contributed by atoms with Gasteiger partial charge in [0.1, 0.15) is 11.5 Å². The zero-order chi connectivity index (χ0) is 23.3. The molecule has 0 amide bonds. The summed E-state index contributed by atoms with van der Waals surface area (Å²) in [6, 6.07) is 7.22. The van der Waals surface area contributed by atoms with E-state index < -0.39 is 5.97 Å². The second-order valence-electron chi connectivity index (χ2n) is 8.22. The Hall–Kier alpha value is -2.88. The first kappa shape index (κ1) is 21.9. The summed E-state index contributed by atoms with van der Waals surface area (Å²) in [5.74, 6) is -0.178. The molecule has 8 nitrogen and oxygen atoms in total. The molecular weight excluding hydrogens is 460 g/mol. The lowest BCUT2D eigenvalue weighted by molar-refractivity contribution is 0.0699. The number of carboxylic acids is 1. The van der Waals surface area contributed by atoms with Gasteiger partial charge in [-0.2, -0.15) is 0 Å². The van der Waals surface area contributed by atoms with Crippen LogP contribution in [0, 0.1) is 6.92 Å². The summed E-state index contributed by atoms with van der Waals surface area (Å²) >= 11 is 8.08. The van der Waals surface area contributed by atoms with Crippen LogP contribution < -0.4 is 10.6 Å². The first-order valence-electron chi connectivity index (χ1n) is 10.7. The molecule has 0 radical (unpaired) electrons. The molecule has 1 aromatic carbocycles. The number of aromatic amines is 1. The number of carboxylic acid groups (broad SMARTS) is 1. The highest BCUT2D eigenvalue weighted by atomic mass is 35.5. The van der Waals surface area contributed by atoms with Crippen molar-refractivity contribution in [3.8, 4) is 0 Å². The molecule has 170 valence electrons. The molecule has 4 N–H and O–H groups in total. The fourth-order valence-electron chi connectivity index (χ4n) is 4.25. The van der Waals surface area contributed by atoms with Crippen molar-refractivity contribution >= 4 is 57.1 Å². The molecule has 0 bridgehead atoms. The van der Waals surface area contributed by atoms with Gasteiger partial charge in [-0.25, -0.2) is 14.8 Å². The average Bonchev–Trinajstić information content (AvgIpc) is 3.35. The zero-order valence-electron chi connectivity index (χ0n) is 18.2. The van der Waals surface area contributed by atoms with Crippen molar-refractivity contribution in [1.82, 2.24) is 19.9 Å². The minimum Gasteiger partial charge on any atom is -0.478 e. The normalized spacial score (nSPS) is 16.2. The number of pyridine rings is 1. The molecule has 10 heteroatoms. The summed E-state index contributed by atoms with van der Waals surface area (Å²) < 4.78 is 0. The van der Waals surface area contributed by atoms with Crippen molar-refractivity contribution < 1.29 is 9.90 Å². The fourth-order valence-corrected chi connectivity index (χ4v) is 5.40. The van der Waals surface area contributed by atoms with Gasteiger partial charge in [-0.05, 0) is 49.7 Å². The van der Waals surface area contributed by atoms with Gasteiger partial charge in [0.05, 0.1) is 21.5 Å². The smallest absolute Gasteiger partial charge is 0.336 e. The van der Waals surface area contributed by atoms with Crippen LogP contribution in [0.3, 0.4) is 0 Å². The number of rotatable bonds is 5. The predicted molar refractivity (Wildman–Crippen MR) is 131 cm³/mol. The van der Waals surface area contributed by atoms with E-state index in [1.165, 1.54) is 11.8 Å². The zero-order valence-corrected chi connectivity index (χ0v) is 19.8. The molecule has 0 aliphatic carbocycles. The van der Waals surface area contributed by atoms with Gasteiger partial charge in [-0.3, -0.25) is 4.98 Å². The van der Waals surface area contributed by atoms with E-state index in [0.29, 0.717) is 32.4 Å². The largest absolute Gasteiger partial charge is 0.478 e. The molecule has 3 aromatic heterocycles. The molecule has 5 rings (SSSR count). The molecule has 0 saturated carbocycles. The standard InChI is InChI=1S/C23H23ClN6O2S/c1-3-16-19(24)18-20(27-16)28-23(29-21(18)30-7-6-12(25)10-30)33-13-4-5-14-15(22(31)32)8-11(2)26-17(14)9-13/h4-5,8-9,12H,3,6-7,10,25H2,1-2H3,(H,31,32)(H,27,28,29)/t12-/m0/s1. The SMILES string of the molecule is CCc1[nH]c2nc(Sc3ccc4c(C(=O)O)cc(C)nc4c3)nc(N3CC[C@H](N)C3)c2c1Cl. The Morgan fingerprint density at radius 1 is 1.33 bits per heavy atom. The maximum atomic E-state index is 11.6. The first-order chi connectivity index (χ1) is 15.8. The van der Waals surface area contributed by atoms with E-state index in [1.54, 1.807) is 19.1 Å². The number of hydrogen-bond donors (Lipinski definition) is 3. The van der Waals surface area contributed by atoms with E-state index in [2.05, 4.69) is 14.9 Å². The Kier molecular flexibility index (Phi) is 5.64. The molecule has 33 heavy (non-hydrogen) atoms. The number of halogens is 1. The number of aromatic nitrogens is 4. The second kappa shape index (κ2) is 8.48. The van der Waals surface area contributed by atoms with Gasteiger partial charge in [0.25, 0.3) is 0 Å². The summed E-state index contributed by atoms with van der Waals surface area (Å²) in [5, 5.41) is 12.2. The van der Waals surface area contributed by atoms with Crippen LogP contribution in [0.1, 0.15) is 35.1 Å². The van der Waals surface area contributed by atoms with Crippen LogP contribution in [-0.4, -0.2) is 50.1 Å². The number of nitrogens with one attached hydrogen (secondary N) is 1. The monoisotopic (exact) mass is 482 g/mol. The number of nitrogens with two attached hydrogens (primary N) is 1. The lowest BCUT2D eigenvalue weighted by Crippen LogP contribution is -2.27. The van der Waals surface area contributed by atoms with Gasteiger partial charge >= 0.3 is 5.97 Å². The second-order valence-corrected chi connectivity index (χ2v) is 9.64. The van der Waals surface area contributed by atoms with Crippen molar-refractivity contribution in [3.63, 3.8) is 0 Å². The Morgan fingerprint density at radius 3 is 2.85 bits per heavy atom. The van der Waals surface area contributed by atoms with Crippen LogP contribution in [0.25, 0.3) is 21.9 Å². The summed E-state index contributed by atoms with van der Waals surface area (Å²) in [6.45, 7) is 5.37. The van der Waals surface area contributed by atoms with Gasteiger partial charge in [-0.1, -0.05) is 24.6 Å². The molecule has 4 heterocycles. The van der Waals surface area contributed by atoms with E-state index >= 15 is 0 Å². The average molecular weight is 483 g/mol. The van der Waals surface area contributed by atoms with Crippen molar-refractivity contribution in [1.29, 1.82) is 0 Å². The highest BCUT2D eigenvalue weighted by Gasteiger charge is 2.26. The summed E-state index contributed by atoms with van der Waals surface area (Å²) in [7, 11) is 0. The van der Waals surface area contributed by atoms with Gasteiger partial charge in [0.2, 0.25) is 0 Å². The Morgan fingerprint density at radius 2 is 2.15 bits per heavy atom. The van der Waals surface area contributed by atoms with E-state index in [0.717, 1.165) is 47.7 Å². The van der Waals surface area contributed by atoms with Crippen LogP contribution in [0.4, 0.5) is 5.82 Å². The van der Waals surface area contributed by atoms with E-state index in [9.17, 15) is 9.90 Å². The number of fused-ring (bicyclic) bond motifs is 2. The van der Waals surface area contributed by atoms with Crippen molar-refractivity contribution in [2.75, 3.05) is 18.0 Å². The van der Waals surface area contributed by atoms with Gasteiger partial charge in [0, 0.05) is 40.8 Å². The molecule has 0 unspecified atom stereocenters. The molecule has 0 spiro atoms. The Balaban J connectivity index is 1.59.